The highest BCUT2D eigenvalue weighted by Crippen LogP contribution is 2.28. The molecule has 0 aliphatic heterocycles. The van der Waals surface area contributed by atoms with E-state index in [2.05, 4.69) is 6.92 Å². The molecule has 2 N–H and O–H groups in total. The molecule has 4 nitrogen and oxygen atoms in total. The minimum atomic E-state index is -0.737. The number of rotatable bonds is 23. The minimum Gasteiger partial charge on any atom is -0.504 e. The lowest BCUT2D eigenvalue weighted by molar-refractivity contribution is -0.142. The monoisotopic (exact) mass is 476 g/mol. The standard InChI is InChI=1S/C30H52O4/c1-3-4-5-6-7-8-9-10-11-12-13-14-15-16-17-18-19-20-21-27(30(32)33)24-26-22-23-28(31)29(25-26)34-2/h22-23,25,27,31H,3-21,24H2,1-2H3,(H,32,33). The number of benzene rings is 1. The van der Waals surface area contributed by atoms with Gasteiger partial charge in [0, 0.05) is 0 Å². The number of phenols is 1. The van der Waals surface area contributed by atoms with Gasteiger partial charge >= 0.3 is 5.97 Å². The first kappa shape index (κ1) is 30.3. The van der Waals surface area contributed by atoms with E-state index in [0.717, 1.165) is 18.4 Å². The van der Waals surface area contributed by atoms with Crippen molar-refractivity contribution in [1.29, 1.82) is 0 Å². The molecule has 0 bridgehead atoms. The van der Waals surface area contributed by atoms with E-state index in [0.29, 0.717) is 18.6 Å². The minimum absolute atomic E-state index is 0.0848. The fraction of sp³-hybridized carbons (Fsp3) is 0.767. The average Bonchev–Trinajstić information content (AvgIpc) is 2.83. The summed E-state index contributed by atoms with van der Waals surface area (Å²) in [5.41, 5.74) is 0.893. The van der Waals surface area contributed by atoms with Crippen LogP contribution in [-0.4, -0.2) is 23.3 Å². The van der Waals surface area contributed by atoms with Crippen LogP contribution in [0.25, 0.3) is 0 Å². The van der Waals surface area contributed by atoms with Crippen molar-refractivity contribution < 1.29 is 19.7 Å². The maximum Gasteiger partial charge on any atom is 0.306 e. The van der Waals surface area contributed by atoms with Crippen molar-refractivity contribution in [1.82, 2.24) is 0 Å². The first-order valence-corrected chi connectivity index (χ1v) is 14.2. The zero-order valence-electron chi connectivity index (χ0n) is 22.2. The Bertz CT molecular complexity index is 628. The number of methoxy groups -OCH3 is 1. The van der Waals surface area contributed by atoms with Gasteiger partial charge in [-0.05, 0) is 30.5 Å². The summed E-state index contributed by atoms with van der Waals surface area (Å²) in [5, 5.41) is 19.3. The molecule has 0 amide bonds. The predicted molar refractivity (Wildman–Crippen MR) is 143 cm³/mol. The highest BCUT2D eigenvalue weighted by Gasteiger charge is 2.18. The average molecular weight is 477 g/mol. The molecule has 0 aliphatic carbocycles. The van der Waals surface area contributed by atoms with Crippen molar-refractivity contribution in [2.75, 3.05) is 7.11 Å². The molecule has 0 saturated heterocycles. The SMILES string of the molecule is CCCCCCCCCCCCCCCCCCCCC(Cc1ccc(O)c(OC)c1)C(=O)O. The number of carbonyl (C=O) groups is 1. The Balaban J connectivity index is 1.96. The number of carboxylic acids is 1. The van der Waals surface area contributed by atoms with Gasteiger partial charge < -0.3 is 14.9 Å². The summed E-state index contributed by atoms with van der Waals surface area (Å²) in [5.74, 6) is -0.634. The molecule has 1 atom stereocenters. The summed E-state index contributed by atoms with van der Waals surface area (Å²) in [6.45, 7) is 2.28. The molecule has 0 fully saturated rings. The van der Waals surface area contributed by atoms with Gasteiger partial charge in [-0.3, -0.25) is 4.79 Å². The largest absolute Gasteiger partial charge is 0.504 e. The van der Waals surface area contributed by atoms with Crippen LogP contribution in [0, 0.1) is 5.92 Å². The third-order valence-electron chi connectivity index (χ3n) is 6.98. The summed E-state index contributed by atoms with van der Waals surface area (Å²) >= 11 is 0. The van der Waals surface area contributed by atoms with Crippen molar-refractivity contribution in [3.05, 3.63) is 23.8 Å². The zero-order chi connectivity index (χ0) is 24.9. The second-order valence-corrected chi connectivity index (χ2v) is 10.0. The van der Waals surface area contributed by atoms with E-state index in [1.807, 2.05) is 0 Å². The van der Waals surface area contributed by atoms with Crippen LogP contribution in [0.3, 0.4) is 0 Å². The molecule has 0 spiro atoms. The van der Waals surface area contributed by atoms with Crippen LogP contribution in [-0.2, 0) is 11.2 Å². The van der Waals surface area contributed by atoms with Gasteiger partial charge in [0.25, 0.3) is 0 Å². The van der Waals surface area contributed by atoms with E-state index >= 15 is 0 Å². The van der Waals surface area contributed by atoms with Gasteiger partial charge in [0.2, 0.25) is 0 Å². The first-order chi connectivity index (χ1) is 16.6. The third-order valence-corrected chi connectivity index (χ3v) is 6.98. The second-order valence-electron chi connectivity index (χ2n) is 10.0. The summed E-state index contributed by atoms with van der Waals surface area (Å²) < 4.78 is 5.13. The maximum absolute atomic E-state index is 11.7. The van der Waals surface area contributed by atoms with Crippen molar-refractivity contribution in [3.8, 4) is 11.5 Å². The Morgan fingerprint density at radius 1 is 0.765 bits per heavy atom. The lowest BCUT2D eigenvalue weighted by atomic mass is 9.93. The van der Waals surface area contributed by atoms with E-state index in [1.165, 1.54) is 110 Å². The van der Waals surface area contributed by atoms with Crippen LogP contribution in [0.1, 0.15) is 134 Å². The topological polar surface area (TPSA) is 66.8 Å². The normalized spacial score (nSPS) is 12.1. The van der Waals surface area contributed by atoms with Crippen LogP contribution >= 0.6 is 0 Å². The van der Waals surface area contributed by atoms with Crippen molar-refractivity contribution >= 4 is 5.97 Å². The number of hydrogen-bond acceptors (Lipinski definition) is 3. The van der Waals surface area contributed by atoms with Gasteiger partial charge in [0.05, 0.1) is 13.0 Å². The molecule has 0 aromatic heterocycles. The molecular weight excluding hydrogens is 424 g/mol. The van der Waals surface area contributed by atoms with Crippen molar-refractivity contribution in [2.24, 2.45) is 5.92 Å². The van der Waals surface area contributed by atoms with Crippen LogP contribution < -0.4 is 4.74 Å². The molecule has 0 heterocycles. The fourth-order valence-corrected chi connectivity index (χ4v) is 4.74. The third kappa shape index (κ3) is 15.2. The smallest absolute Gasteiger partial charge is 0.306 e. The maximum atomic E-state index is 11.7. The number of unbranched alkanes of at least 4 members (excludes halogenated alkanes) is 17. The molecule has 34 heavy (non-hydrogen) atoms. The number of aromatic hydroxyl groups is 1. The number of hydrogen-bond donors (Lipinski definition) is 2. The van der Waals surface area contributed by atoms with Gasteiger partial charge in [-0.25, -0.2) is 0 Å². The summed E-state index contributed by atoms with van der Waals surface area (Å²) in [7, 11) is 1.51. The van der Waals surface area contributed by atoms with Gasteiger partial charge in [-0.15, -0.1) is 0 Å². The van der Waals surface area contributed by atoms with E-state index in [9.17, 15) is 15.0 Å². The highest BCUT2D eigenvalue weighted by molar-refractivity contribution is 5.70. The molecule has 4 heteroatoms. The Morgan fingerprint density at radius 3 is 1.62 bits per heavy atom. The fourth-order valence-electron chi connectivity index (χ4n) is 4.74. The van der Waals surface area contributed by atoms with Crippen molar-refractivity contribution in [3.63, 3.8) is 0 Å². The van der Waals surface area contributed by atoms with Crippen LogP contribution in [0.5, 0.6) is 11.5 Å². The molecular formula is C30H52O4. The Labute approximate surface area is 209 Å². The van der Waals surface area contributed by atoms with Crippen molar-refractivity contribution in [2.45, 2.75) is 135 Å². The van der Waals surface area contributed by atoms with E-state index < -0.39 is 5.97 Å². The summed E-state index contributed by atoms with van der Waals surface area (Å²) in [6, 6.07) is 5.09. The summed E-state index contributed by atoms with van der Waals surface area (Å²) in [6.07, 6.45) is 25.3. The molecule has 0 aliphatic rings. The molecule has 1 rings (SSSR count). The zero-order valence-corrected chi connectivity index (χ0v) is 22.2. The molecule has 196 valence electrons. The highest BCUT2D eigenvalue weighted by atomic mass is 16.5. The number of aliphatic carboxylic acids is 1. The second kappa shape index (κ2) is 20.6. The molecule has 1 aromatic rings. The van der Waals surface area contributed by atoms with Gasteiger partial charge in [-0.2, -0.15) is 0 Å². The first-order valence-electron chi connectivity index (χ1n) is 14.2. The van der Waals surface area contributed by atoms with Gasteiger partial charge in [0.15, 0.2) is 11.5 Å². The quantitative estimate of drug-likeness (QED) is 0.155. The molecule has 0 radical (unpaired) electrons. The number of phenolic OH excluding ortho intramolecular Hbond substituents is 1. The van der Waals surface area contributed by atoms with Gasteiger partial charge in [0.1, 0.15) is 0 Å². The Morgan fingerprint density at radius 2 is 1.21 bits per heavy atom. The number of carboxylic acid groups (broad SMARTS) is 1. The molecule has 1 unspecified atom stereocenters. The molecule has 1 aromatic carbocycles. The Hall–Kier alpha value is -1.71. The van der Waals surface area contributed by atoms with Crippen LogP contribution in [0.15, 0.2) is 18.2 Å². The van der Waals surface area contributed by atoms with E-state index in [-0.39, 0.29) is 11.7 Å². The van der Waals surface area contributed by atoms with E-state index in [4.69, 9.17) is 4.74 Å². The van der Waals surface area contributed by atoms with Crippen LogP contribution in [0.4, 0.5) is 0 Å². The van der Waals surface area contributed by atoms with Crippen LogP contribution in [0.2, 0.25) is 0 Å². The predicted octanol–water partition coefficient (Wildman–Crippen LogP) is 9.08. The van der Waals surface area contributed by atoms with E-state index in [1.54, 1.807) is 18.2 Å². The molecule has 0 saturated carbocycles. The number of ether oxygens (including phenoxy) is 1. The van der Waals surface area contributed by atoms with Gasteiger partial charge in [-0.1, -0.05) is 129 Å². The summed E-state index contributed by atoms with van der Waals surface area (Å²) in [4.78, 5) is 11.7. The Kier molecular flexibility index (Phi) is 18.4. The lowest BCUT2D eigenvalue weighted by Crippen LogP contribution is -2.16. The lowest BCUT2D eigenvalue weighted by Gasteiger charge is -2.13.